The Labute approximate surface area is 151 Å². The van der Waals surface area contributed by atoms with Crippen molar-refractivity contribution in [1.82, 2.24) is 45.1 Å². The lowest BCUT2D eigenvalue weighted by molar-refractivity contribution is 1.10. The molecule has 0 saturated carbocycles. The van der Waals surface area contributed by atoms with E-state index in [9.17, 15) is 0 Å². The van der Waals surface area contributed by atoms with E-state index < -0.39 is 0 Å². The second-order valence-corrected chi connectivity index (χ2v) is 6.14. The van der Waals surface area contributed by atoms with Crippen LogP contribution in [0.1, 0.15) is 0 Å². The number of rotatable bonds is 2. The van der Waals surface area contributed by atoms with E-state index in [0.29, 0.717) is 23.0 Å². The normalized spacial score (nSPS) is 11.7. The third-order valence-electron chi connectivity index (χ3n) is 4.41. The van der Waals surface area contributed by atoms with Crippen LogP contribution in [-0.2, 0) is 0 Å². The van der Waals surface area contributed by atoms with Crippen molar-refractivity contribution in [3.05, 3.63) is 48.9 Å². The second kappa shape index (κ2) is 5.18. The average molecular weight is 353 g/mol. The lowest BCUT2D eigenvalue weighted by atomic mass is 10.3. The Bertz CT molecular complexity index is 1410. The molecule has 0 aromatic carbocycles. The van der Waals surface area contributed by atoms with Gasteiger partial charge in [0.1, 0.15) is 11.4 Å². The fourth-order valence-electron chi connectivity index (χ4n) is 3.09. The molecule has 0 aliphatic carbocycles. The molecule has 9 heteroatoms. The fourth-order valence-corrected chi connectivity index (χ4v) is 3.09. The average Bonchev–Trinajstić information content (AvgIpc) is 3.42. The third kappa shape index (κ3) is 2.18. The standard InChI is InChI=1S/C18H11N9/c1-2-10-16(19-5-1)26-18(23-10)13-6-12-14(8-20-13)25-17(24-12)11-4-3-9-7-21-27-15(9)22-11/h1-8H,(H,24,25)(H,19,23,26)(H,21,22,27). The highest BCUT2D eigenvalue weighted by Gasteiger charge is 2.12. The van der Waals surface area contributed by atoms with Gasteiger partial charge in [0.15, 0.2) is 22.9 Å². The minimum absolute atomic E-state index is 0.659. The lowest BCUT2D eigenvalue weighted by Crippen LogP contribution is -1.86. The van der Waals surface area contributed by atoms with Gasteiger partial charge in [-0.15, -0.1) is 0 Å². The van der Waals surface area contributed by atoms with Crippen molar-refractivity contribution in [2.75, 3.05) is 0 Å². The topological polar surface area (TPSA) is 125 Å². The maximum Gasteiger partial charge on any atom is 0.178 e. The smallest absolute Gasteiger partial charge is 0.178 e. The Kier molecular flexibility index (Phi) is 2.70. The van der Waals surface area contributed by atoms with E-state index in [-0.39, 0.29) is 0 Å². The van der Waals surface area contributed by atoms with Crippen molar-refractivity contribution < 1.29 is 0 Å². The maximum absolute atomic E-state index is 4.66. The molecule has 0 bridgehead atoms. The van der Waals surface area contributed by atoms with E-state index in [4.69, 9.17) is 0 Å². The van der Waals surface area contributed by atoms with Gasteiger partial charge < -0.3 is 9.97 Å². The van der Waals surface area contributed by atoms with Crippen LogP contribution in [0.3, 0.4) is 0 Å². The molecule has 6 rings (SSSR count). The summed E-state index contributed by atoms with van der Waals surface area (Å²) < 4.78 is 0. The zero-order valence-corrected chi connectivity index (χ0v) is 13.8. The highest BCUT2D eigenvalue weighted by molar-refractivity contribution is 5.83. The van der Waals surface area contributed by atoms with E-state index >= 15 is 0 Å². The van der Waals surface area contributed by atoms with E-state index in [0.717, 1.165) is 33.3 Å². The van der Waals surface area contributed by atoms with Crippen molar-refractivity contribution in [3.63, 3.8) is 0 Å². The molecule has 27 heavy (non-hydrogen) atoms. The first kappa shape index (κ1) is 14.1. The largest absolute Gasteiger partial charge is 0.335 e. The summed E-state index contributed by atoms with van der Waals surface area (Å²) in [6.07, 6.45) is 5.20. The molecule has 0 saturated heterocycles. The number of fused-ring (bicyclic) bond motifs is 3. The number of imidazole rings is 2. The molecular formula is C18H11N9. The number of hydrogen-bond acceptors (Lipinski definition) is 6. The summed E-state index contributed by atoms with van der Waals surface area (Å²) in [5.41, 5.74) is 5.31. The third-order valence-corrected chi connectivity index (χ3v) is 4.41. The molecule has 6 heterocycles. The molecule has 3 N–H and O–H groups in total. The molecule has 0 atom stereocenters. The van der Waals surface area contributed by atoms with Crippen LogP contribution in [0, 0.1) is 0 Å². The number of nitrogens with zero attached hydrogens (tertiary/aromatic N) is 6. The van der Waals surface area contributed by atoms with Crippen molar-refractivity contribution in [3.8, 4) is 23.0 Å². The predicted octanol–water partition coefficient (Wildman–Crippen LogP) is 2.83. The van der Waals surface area contributed by atoms with Gasteiger partial charge >= 0.3 is 0 Å². The molecule has 0 spiro atoms. The van der Waals surface area contributed by atoms with Crippen LogP contribution in [0.4, 0.5) is 0 Å². The van der Waals surface area contributed by atoms with Crippen molar-refractivity contribution in [2.24, 2.45) is 0 Å². The molecule has 0 aliphatic heterocycles. The number of H-pyrrole nitrogens is 3. The summed E-state index contributed by atoms with van der Waals surface area (Å²) in [5, 5.41) is 7.83. The van der Waals surface area contributed by atoms with E-state index in [1.54, 1.807) is 18.6 Å². The molecule has 9 nitrogen and oxygen atoms in total. The van der Waals surface area contributed by atoms with Crippen LogP contribution in [0.25, 0.3) is 56.3 Å². The maximum atomic E-state index is 4.66. The fraction of sp³-hybridized carbons (Fsp3) is 0. The van der Waals surface area contributed by atoms with Gasteiger partial charge in [0.25, 0.3) is 0 Å². The Balaban J connectivity index is 1.46. The highest BCUT2D eigenvalue weighted by atomic mass is 15.1. The van der Waals surface area contributed by atoms with Crippen LogP contribution in [0.15, 0.2) is 48.9 Å². The SMILES string of the molecule is c1cnc2nc(-c3cc4nc(-c5ccc6cn[nH]c6n5)[nH]c4cn3)[nH]c2c1. The molecule has 0 radical (unpaired) electrons. The second-order valence-electron chi connectivity index (χ2n) is 6.14. The Morgan fingerprint density at radius 1 is 0.778 bits per heavy atom. The van der Waals surface area contributed by atoms with Crippen molar-refractivity contribution in [2.45, 2.75) is 0 Å². The van der Waals surface area contributed by atoms with Crippen LogP contribution in [0.2, 0.25) is 0 Å². The minimum atomic E-state index is 0.659. The minimum Gasteiger partial charge on any atom is -0.335 e. The molecule has 0 amide bonds. The van der Waals surface area contributed by atoms with E-state index in [1.165, 1.54) is 0 Å². The van der Waals surface area contributed by atoms with Crippen LogP contribution in [0.5, 0.6) is 0 Å². The summed E-state index contributed by atoms with van der Waals surface area (Å²) in [7, 11) is 0. The first-order chi connectivity index (χ1) is 13.3. The molecule has 0 aliphatic rings. The number of hydrogen-bond donors (Lipinski definition) is 3. The van der Waals surface area contributed by atoms with E-state index in [2.05, 4.69) is 45.1 Å². The van der Waals surface area contributed by atoms with Gasteiger partial charge in [0.05, 0.1) is 28.9 Å². The number of aromatic nitrogens is 9. The first-order valence-electron chi connectivity index (χ1n) is 8.31. The van der Waals surface area contributed by atoms with Gasteiger partial charge in [-0.05, 0) is 30.3 Å². The molecule has 128 valence electrons. The summed E-state index contributed by atoms with van der Waals surface area (Å²) in [5.74, 6) is 1.33. The quantitative estimate of drug-likeness (QED) is 0.439. The Morgan fingerprint density at radius 2 is 1.70 bits per heavy atom. The summed E-state index contributed by atoms with van der Waals surface area (Å²) in [6, 6.07) is 9.56. The van der Waals surface area contributed by atoms with Crippen LogP contribution < -0.4 is 0 Å². The van der Waals surface area contributed by atoms with Gasteiger partial charge in [-0.2, -0.15) is 5.10 Å². The van der Waals surface area contributed by atoms with E-state index in [1.807, 2.05) is 30.3 Å². The zero-order chi connectivity index (χ0) is 17.8. The number of aromatic amines is 3. The van der Waals surface area contributed by atoms with Gasteiger partial charge in [0, 0.05) is 11.6 Å². The summed E-state index contributed by atoms with van der Waals surface area (Å²) >= 11 is 0. The van der Waals surface area contributed by atoms with Crippen molar-refractivity contribution in [1.29, 1.82) is 0 Å². The van der Waals surface area contributed by atoms with Crippen LogP contribution in [-0.4, -0.2) is 45.1 Å². The van der Waals surface area contributed by atoms with Gasteiger partial charge in [-0.1, -0.05) is 0 Å². The molecule has 0 fully saturated rings. The highest BCUT2D eigenvalue weighted by Crippen LogP contribution is 2.24. The molecule has 0 unspecified atom stereocenters. The zero-order valence-electron chi connectivity index (χ0n) is 13.8. The first-order valence-corrected chi connectivity index (χ1v) is 8.31. The Morgan fingerprint density at radius 3 is 2.67 bits per heavy atom. The predicted molar refractivity (Wildman–Crippen MR) is 99.7 cm³/mol. The number of nitrogens with one attached hydrogen (secondary N) is 3. The van der Waals surface area contributed by atoms with Gasteiger partial charge in [0.2, 0.25) is 0 Å². The molecule has 6 aromatic rings. The van der Waals surface area contributed by atoms with Gasteiger partial charge in [-0.25, -0.2) is 19.9 Å². The van der Waals surface area contributed by atoms with Crippen molar-refractivity contribution >= 4 is 33.2 Å². The summed E-state index contributed by atoms with van der Waals surface area (Å²) in [4.78, 5) is 28.9. The molecule has 6 aromatic heterocycles. The van der Waals surface area contributed by atoms with Crippen LogP contribution >= 0.6 is 0 Å². The number of pyridine rings is 3. The molecular weight excluding hydrogens is 342 g/mol. The van der Waals surface area contributed by atoms with Gasteiger partial charge in [-0.3, -0.25) is 10.1 Å². The monoisotopic (exact) mass is 353 g/mol. The summed E-state index contributed by atoms with van der Waals surface area (Å²) in [6.45, 7) is 0. The lowest BCUT2D eigenvalue weighted by Gasteiger charge is -1.95. The Hall–Kier alpha value is -4.14.